The van der Waals surface area contributed by atoms with Crippen LogP contribution >= 0.6 is 11.3 Å². The van der Waals surface area contributed by atoms with E-state index in [9.17, 15) is 18.4 Å². The summed E-state index contributed by atoms with van der Waals surface area (Å²) in [6, 6.07) is 2.94. The fourth-order valence-electron chi connectivity index (χ4n) is 1.78. The molecule has 4 nitrogen and oxygen atoms in total. The standard InChI is InChI=1S/C14H11F2NO3S/c1-7-6-21-13(14(19)20)12(7)17-11(18)4-8-2-3-9(15)5-10(8)16/h2-3,5-6H,4H2,1H3,(H,17,18)(H,19,20). The summed E-state index contributed by atoms with van der Waals surface area (Å²) in [5.41, 5.74) is 0.865. The number of benzene rings is 1. The molecule has 1 aromatic heterocycles. The van der Waals surface area contributed by atoms with Gasteiger partial charge in [0.15, 0.2) is 0 Å². The lowest BCUT2D eigenvalue weighted by Crippen LogP contribution is -2.17. The Bertz CT molecular complexity index is 712. The summed E-state index contributed by atoms with van der Waals surface area (Å²) in [6.07, 6.45) is -0.305. The van der Waals surface area contributed by atoms with Gasteiger partial charge >= 0.3 is 5.97 Å². The quantitative estimate of drug-likeness (QED) is 0.911. The molecule has 1 aromatic carbocycles. The molecule has 2 aromatic rings. The van der Waals surface area contributed by atoms with Crippen molar-refractivity contribution in [3.63, 3.8) is 0 Å². The maximum absolute atomic E-state index is 13.5. The summed E-state index contributed by atoms with van der Waals surface area (Å²) in [5.74, 6) is -3.25. The van der Waals surface area contributed by atoms with Crippen molar-refractivity contribution in [3.8, 4) is 0 Å². The number of carboxylic acid groups (broad SMARTS) is 1. The Morgan fingerprint density at radius 1 is 1.33 bits per heavy atom. The number of rotatable bonds is 4. The number of carboxylic acids is 1. The minimum absolute atomic E-state index is 0.0143. The first-order chi connectivity index (χ1) is 9.88. The second kappa shape index (κ2) is 6.01. The number of nitrogens with one attached hydrogen (secondary N) is 1. The van der Waals surface area contributed by atoms with E-state index < -0.39 is 23.5 Å². The molecule has 0 spiro atoms. The van der Waals surface area contributed by atoms with E-state index in [0.29, 0.717) is 11.6 Å². The normalized spacial score (nSPS) is 10.4. The SMILES string of the molecule is Cc1csc(C(=O)O)c1NC(=O)Cc1ccc(F)cc1F. The summed E-state index contributed by atoms with van der Waals surface area (Å²) in [4.78, 5) is 22.9. The summed E-state index contributed by atoms with van der Waals surface area (Å²) in [5, 5.41) is 13.1. The largest absolute Gasteiger partial charge is 0.477 e. The van der Waals surface area contributed by atoms with Gasteiger partial charge in [-0.25, -0.2) is 13.6 Å². The number of carbonyl (C=O) groups is 2. The third-order valence-corrected chi connectivity index (χ3v) is 3.89. The van der Waals surface area contributed by atoms with E-state index >= 15 is 0 Å². The van der Waals surface area contributed by atoms with Gasteiger partial charge in [-0.05, 0) is 29.5 Å². The van der Waals surface area contributed by atoms with Gasteiger partial charge in [-0.15, -0.1) is 11.3 Å². The lowest BCUT2D eigenvalue weighted by atomic mass is 10.1. The summed E-state index contributed by atoms with van der Waals surface area (Å²) in [7, 11) is 0. The van der Waals surface area contributed by atoms with Gasteiger partial charge in [-0.2, -0.15) is 0 Å². The van der Waals surface area contributed by atoms with Crippen molar-refractivity contribution in [2.75, 3.05) is 5.32 Å². The molecule has 0 aliphatic rings. The molecular formula is C14H11F2NO3S. The lowest BCUT2D eigenvalue weighted by Gasteiger charge is -2.07. The van der Waals surface area contributed by atoms with Crippen molar-refractivity contribution in [2.24, 2.45) is 0 Å². The van der Waals surface area contributed by atoms with Gasteiger partial charge in [0.2, 0.25) is 5.91 Å². The van der Waals surface area contributed by atoms with Crippen LogP contribution in [0, 0.1) is 18.6 Å². The van der Waals surface area contributed by atoms with Crippen LogP contribution in [0.5, 0.6) is 0 Å². The Kier molecular flexibility index (Phi) is 4.32. The third kappa shape index (κ3) is 3.43. The number of carbonyl (C=O) groups excluding carboxylic acids is 1. The Morgan fingerprint density at radius 2 is 2.05 bits per heavy atom. The zero-order valence-corrected chi connectivity index (χ0v) is 11.8. The predicted molar refractivity (Wildman–Crippen MR) is 74.7 cm³/mol. The zero-order chi connectivity index (χ0) is 15.6. The first-order valence-corrected chi connectivity index (χ1v) is 6.81. The molecule has 0 radical (unpaired) electrons. The second-order valence-corrected chi connectivity index (χ2v) is 5.27. The van der Waals surface area contributed by atoms with Crippen molar-refractivity contribution < 1.29 is 23.5 Å². The van der Waals surface area contributed by atoms with Crippen LogP contribution in [-0.2, 0) is 11.2 Å². The average molecular weight is 311 g/mol. The molecule has 0 saturated heterocycles. The van der Waals surface area contributed by atoms with Crippen LogP contribution in [0.15, 0.2) is 23.6 Å². The number of amides is 1. The van der Waals surface area contributed by atoms with Crippen LogP contribution in [0.1, 0.15) is 20.8 Å². The highest BCUT2D eigenvalue weighted by molar-refractivity contribution is 7.12. The number of hydrogen-bond acceptors (Lipinski definition) is 3. The van der Waals surface area contributed by atoms with E-state index in [4.69, 9.17) is 5.11 Å². The molecule has 1 amide bonds. The topological polar surface area (TPSA) is 66.4 Å². The summed E-state index contributed by atoms with van der Waals surface area (Å²) in [6.45, 7) is 1.66. The van der Waals surface area contributed by atoms with Gasteiger partial charge in [0.25, 0.3) is 0 Å². The van der Waals surface area contributed by atoms with E-state index in [0.717, 1.165) is 17.4 Å². The average Bonchev–Trinajstić information content (AvgIpc) is 2.75. The number of anilines is 1. The molecule has 21 heavy (non-hydrogen) atoms. The Hall–Kier alpha value is -2.28. The van der Waals surface area contributed by atoms with E-state index in [1.807, 2.05) is 0 Å². The molecule has 2 N–H and O–H groups in total. The number of aromatic carboxylic acids is 1. The van der Waals surface area contributed by atoms with Crippen molar-refractivity contribution in [1.29, 1.82) is 0 Å². The number of aryl methyl sites for hydroxylation is 1. The summed E-state index contributed by atoms with van der Waals surface area (Å²) < 4.78 is 26.2. The van der Waals surface area contributed by atoms with E-state index in [2.05, 4.69) is 5.32 Å². The van der Waals surface area contributed by atoms with Crippen LogP contribution in [0.25, 0.3) is 0 Å². The van der Waals surface area contributed by atoms with Gasteiger partial charge < -0.3 is 10.4 Å². The Balaban J connectivity index is 2.15. The molecular weight excluding hydrogens is 300 g/mol. The van der Waals surface area contributed by atoms with Crippen LogP contribution in [-0.4, -0.2) is 17.0 Å². The smallest absolute Gasteiger partial charge is 0.348 e. The first kappa shape index (κ1) is 15.1. The van der Waals surface area contributed by atoms with Gasteiger partial charge in [0, 0.05) is 6.07 Å². The van der Waals surface area contributed by atoms with Crippen molar-refractivity contribution in [2.45, 2.75) is 13.3 Å². The Morgan fingerprint density at radius 3 is 2.67 bits per heavy atom. The maximum Gasteiger partial charge on any atom is 0.348 e. The van der Waals surface area contributed by atoms with Crippen LogP contribution in [0.2, 0.25) is 0 Å². The molecule has 0 bridgehead atoms. The van der Waals surface area contributed by atoms with Gasteiger partial charge in [0.05, 0.1) is 12.1 Å². The fourth-order valence-corrected chi connectivity index (χ4v) is 2.62. The van der Waals surface area contributed by atoms with Gasteiger partial charge in [-0.3, -0.25) is 4.79 Å². The molecule has 1 heterocycles. The molecule has 0 saturated carbocycles. The molecule has 0 atom stereocenters. The third-order valence-electron chi connectivity index (χ3n) is 2.80. The summed E-state index contributed by atoms with van der Waals surface area (Å²) >= 11 is 1.000. The van der Waals surface area contributed by atoms with E-state index in [1.165, 1.54) is 6.07 Å². The Labute approximate surface area is 123 Å². The number of thiophene rings is 1. The van der Waals surface area contributed by atoms with Crippen molar-refractivity contribution in [3.05, 3.63) is 51.2 Å². The van der Waals surface area contributed by atoms with Crippen LogP contribution < -0.4 is 5.32 Å². The van der Waals surface area contributed by atoms with Crippen LogP contribution in [0.3, 0.4) is 0 Å². The highest BCUT2D eigenvalue weighted by Gasteiger charge is 2.18. The molecule has 0 fully saturated rings. The molecule has 0 aliphatic carbocycles. The van der Waals surface area contributed by atoms with Crippen LogP contribution in [0.4, 0.5) is 14.5 Å². The fraction of sp³-hybridized carbons (Fsp3) is 0.143. The molecule has 0 aliphatic heterocycles. The van der Waals surface area contributed by atoms with Gasteiger partial charge in [-0.1, -0.05) is 6.07 Å². The van der Waals surface area contributed by atoms with Gasteiger partial charge in [0.1, 0.15) is 16.5 Å². The second-order valence-electron chi connectivity index (χ2n) is 4.39. The molecule has 110 valence electrons. The highest BCUT2D eigenvalue weighted by atomic mass is 32.1. The number of hydrogen-bond donors (Lipinski definition) is 2. The monoisotopic (exact) mass is 311 g/mol. The number of halogens is 2. The van der Waals surface area contributed by atoms with Crippen molar-refractivity contribution in [1.82, 2.24) is 0 Å². The highest BCUT2D eigenvalue weighted by Crippen LogP contribution is 2.27. The molecule has 2 rings (SSSR count). The molecule has 7 heteroatoms. The first-order valence-electron chi connectivity index (χ1n) is 5.93. The minimum atomic E-state index is -1.14. The maximum atomic E-state index is 13.5. The van der Waals surface area contributed by atoms with E-state index in [-0.39, 0.29) is 22.5 Å². The molecule has 0 unspecified atom stereocenters. The van der Waals surface area contributed by atoms with Crippen molar-refractivity contribution >= 4 is 28.9 Å². The zero-order valence-electron chi connectivity index (χ0n) is 10.9. The minimum Gasteiger partial charge on any atom is -0.477 e. The lowest BCUT2D eigenvalue weighted by molar-refractivity contribution is -0.115. The van der Waals surface area contributed by atoms with E-state index in [1.54, 1.807) is 12.3 Å². The predicted octanol–water partition coefficient (Wildman–Crippen LogP) is 3.21.